The molecule has 0 aliphatic heterocycles. The molecule has 270 valence electrons. The van der Waals surface area contributed by atoms with Crippen molar-refractivity contribution in [2.75, 3.05) is 0 Å². The van der Waals surface area contributed by atoms with Crippen molar-refractivity contribution in [2.24, 2.45) is 16.7 Å². The van der Waals surface area contributed by atoms with E-state index >= 15 is 0 Å². The first kappa shape index (κ1) is 47.8. The van der Waals surface area contributed by atoms with E-state index in [0.29, 0.717) is 18.8 Å². The number of rotatable bonds is 10. The highest BCUT2D eigenvalue weighted by Crippen LogP contribution is 2.28. The summed E-state index contributed by atoms with van der Waals surface area (Å²) in [5.74, 6) is -0.534. The number of hydrogen-bond donors (Lipinski definition) is 2. The van der Waals surface area contributed by atoms with Gasteiger partial charge in [-0.25, -0.2) is 0 Å². The van der Waals surface area contributed by atoms with Crippen molar-refractivity contribution in [1.82, 2.24) is 5.32 Å². The van der Waals surface area contributed by atoms with Crippen molar-refractivity contribution < 1.29 is 37.4 Å². The van der Waals surface area contributed by atoms with Gasteiger partial charge in [0.25, 0.3) is 0 Å². The molecule has 1 amide bonds. The van der Waals surface area contributed by atoms with E-state index in [0.717, 1.165) is 13.3 Å². The first-order valence-corrected chi connectivity index (χ1v) is 16.6. The lowest BCUT2D eigenvalue weighted by Gasteiger charge is -2.24. The molecule has 0 saturated carbocycles. The number of esters is 1. The lowest BCUT2D eigenvalue weighted by molar-refractivity contribution is -0.221. The van der Waals surface area contributed by atoms with E-state index in [1.165, 1.54) is 17.5 Å². The molecule has 0 heterocycles. The van der Waals surface area contributed by atoms with Gasteiger partial charge in [0.2, 0.25) is 5.91 Å². The molecule has 0 aliphatic carbocycles. The average molecular weight is 662 g/mol. The van der Waals surface area contributed by atoms with Gasteiger partial charge in [-0.05, 0) is 96.6 Å². The van der Waals surface area contributed by atoms with E-state index in [-0.39, 0.29) is 23.3 Å². The number of carbonyl (C=O) groups is 3. The van der Waals surface area contributed by atoms with Crippen LogP contribution in [0, 0.1) is 16.7 Å². The smallest absolute Gasteiger partial charge is 0.425 e. The highest BCUT2D eigenvalue weighted by molar-refractivity contribution is 5.78. The Labute approximate surface area is 278 Å². The van der Waals surface area contributed by atoms with Crippen LogP contribution in [0.3, 0.4) is 0 Å². The van der Waals surface area contributed by atoms with Gasteiger partial charge in [-0.15, -0.1) is 0 Å². The quantitative estimate of drug-likeness (QED) is 0.243. The monoisotopic (exact) mass is 661 g/mol. The van der Waals surface area contributed by atoms with Crippen LogP contribution in [0.25, 0.3) is 0 Å². The molecule has 0 bridgehead atoms. The van der Waals surface area contributed by atoms with Crippen LogP contribution >= 0.6 is 0 Å². The molecule has 0 radical (unpaired) electrons. The van der Waals surface area contributed by atoms with Crippen molar-refractivity contribution in [3.05, 3.63) is 35.4 Å². The molecule has 1 aromatic rings. The summed E-state index contributed by atoms with van der Waals surface area (Å²) >= 11 is 0. The van der Waals surface area contributed by atoms with Gasteiger partial charge in [0, 0.05) is 12.0 Å². The normalized spacial score (nSPS) is 13.7. The van der Waals surface area contributed by atoms with Gasteiger partial charge in [0.15, 0.2) is 6.10 Å². The largest absolute Gasteiger partial charge is 0.481 e. The first-order valence-electron chi connectivity index (χ1n) is 16.6. The zero-order valence-electron chi connectivity index (χ0n) is 31.7. The Morgan fingerprint density at radius 2 is 1.20 bits per heavy atom. The standard InChI is InChI=1S/C14H22.C9H15F3O2.C8H17NO.C6H12O2/c1-6-11(2)12-7-9-13(10-8-12)14(3,4)5;1-5-8(3,4)7(13)14-6(2)9(10,11)12;1-5-7(4)8(10)9-6(2)3;1-4-6(2,3)5(7)8/h7-11H,6H2,1-5H3;6H,5H2,1-4H3;6-7H,5H2,1-4H3,(H,9,10);4H2,1-3H3,(H,7,8). The fourth-order valence-corrected chi connectivity index (χ4v) is 2.84. The number of alkyl halides is 3. The van der Waals surface area contributed by atoms with Crippen LogP contribution in [0.15, 0.2) is 24.3 Å². The van der Waals surface area contributed by atoms with Crippen LogP contribution in [0.5, 0.6) is 0 Å². The maximum absolute atomic E-state index is 12.0. The second kappa shape index (κ2) is 21.3. The lowest BCUT2D eigenvalue weighted by atomic mass is 9.85. The molecule has 3 unspecified atom stereocenters. The van der Waals surface area contributed by atoms with E-state index in [9.17, 15) is 27.6 Å². The zero-order valence-corrected chi connectivity index (χ0v) is 31.7. The van der Waals surface area contributed by atoms with Crippen LogP contribution in [-0.4, -0.2) is 41.3 Å². The highest BCUT2D eigenvalue weighted by atomic mass is 19.4. The maximum atomic E-state index is 12.0. The summed E-state index contributed by atoms with van der Waals surface area (Å²) in [7, 11) is 0. The minimum absolute atomic E-state index is 0.155. The third-order valence-electron chi connectivity index (χ3n) is 8.09. The van der Waals surface area contributed by atoms with Crippen molar-refractivity contribution in [1.29, 1.82) is 0 Å². The SMILES string of the molecule is CCC(C)(C)C(=O)O.CCC(C)(C)C(=O)OC(C)C(F)(F)F.CCC(C)C(=O)NC(C)C.CCC(C)c1ccc(C(C)(C)C)cc1. The van der Waals surface area contributed by atoms with Crippen molar-refractivity contribution in [2.45, 2.75) is 166 Å². The molecule has 0 aliphatic rings. The van der Waals surface area contributed by atoms with Crippen molar-refractivity contribution in [3.63, 3.8) is 0 Å². The van der Waals surface area contributed by atoms with Gasteiger partial charge in [-0.2, -0.15) is 13.2 Å². The Bertz CT molecular complexity index is 1010. The number of carboxylic acids is 1. The third-order valence-corrected chi connectivity index (χ3v) is 8.09. The number of nitrogens with one attached hydrogen (secondary N) is 1. The van der Waals surface area contributed by atoms with Crippen LogP contribution < -0.4 is 5.32 Å². The second-order valence-corrected chi connectivity index (χ2v) is 14.5. The summed E-state index contributed by atoms with van der Waals surface area (Å²) in [6.07, 6.45) is -3.27. The Kier molecular flexibility index (Phi) is 22.2. The highest BCUT2D eigenvalue weighted by Gasteiger charge is 2.41. The van der Waals surface area contributed by atoms with E-state index in [2.05, 4.69) is 68.9 Å². The Hall–Kier alpha value is -2.58. The molecule has 0 saturated heterocycles. The number of carbonyl (C=O) groups excluding carboxylic acids is 2. The Morgan fingerprint density at radius 1 is 0.761 bits per heavy atom. The molecule has 6 nitrogen and oxygen atoms in total. The summed E-state index contributed by atoms with van der Waals surface area (Å²) in [5, 5.41) is 11.3. The number of amides is 1. The van der Waals surface area contributed by atoms with Crippen molar-refractivity contribution >= 4 is 17.8 Å². The minimum Gasteiger partial charge on any atom is -0.481 e. The van der Waals surface area contributed by atoms with E-state index in [1.54, 1.807) is 34.6 Å². The molecule has 0 fully saturated rings. The lowest BCUT2D eigenvalue weighted by Crippen LogP contribution is -2.36. The molecule has 1 aromatic carbocycles. The zero-order chi connectivity index (χ0) is 37.3. The molecule has 3 atom stereocenters. The van der Waals surface area contributed by atoms with E-state index < -0.39 is 35.0 Å². The van der Waals surface area contributed by atoms with Crippen LogP contribution in [0.2, 0.25) is 0 Å². The first-order chi connectivity index (χ1) is 20.6. The average Bonchev–Trinajstić information content (AvgIpc) is 2.95. The fraction of sp³-hybridized carbons (Fsp3) is 0.757. The van der Waals surface area contributed by atoms with Crippen molar-refractivity contribution in [3.8, 4) is 0 Å². The van der Waals surface area contributed by atoms with Gasteiger partial charge < -0.3 is 15.2 Å². The number of benzene rings is 1. The fourth-order valence-electron chi connectivity index (χ4n) is 2.84. The number of aliphatic carboxylic acids is 1. The minimum atomic E-state index is -4.49. The van der Waals surface area contributed by atoms with Crippen LogP contribution in [0.1, 0.15) is 154 Å². The molecule has 2 N–H and O–H groups in total. The maximum Gasteiger partial charge on any atom is 0.425 e. The predicted molar refractivity (Wildman–Crippen MR) is 184 cm³/mol. The Morgan fingerprint density at radius 3 is 1.46 bits per heavy atom. The molecular weight excluding hydrogens is 595 g/mol. The van der Waals surface area contributed by atoms with Crippen LogP contribution in [0.4, 0.5) is 13.2 Å². The Balaban J connectivity index is -0.000000550. The third kappa shape index (κ3) is 20.5. The molecule has 0 spiro atoms. The summed E-state index contributed by atoms with van der Waals surface area (Å²) in [6.45, 7) is 30.2. The van der Waals surface area contributed by atoms with Gasteiger partial charge in [-0.1, -0.05) is 86.6 Å². The van der Waals surface area contributed by atoms with Gasteiger partial charge in [0.05, 0.1) is 10.8 Å². The molecule has 9 heteroatoms. The van der Waals surface area contributed by atoms with Gasteiger partial charge in [0.1, 0.15) is 0 Å². The molecule has 1 rings (SSSR count). The van der Waals surface area contributed by atoms with Gasteiger partial charge >= 0.3 is 18.1 Å². The molecule has 46 heavy (non-hydrogen) atoms. The van der Waals surface area contributed by atoms with E-state index in [4.69, 9.17) is 5.11 Å². The number of halogens is 3. The number of carboxylic acid groups (broad SMARTS) is 1. The molecule has 0 aromatic heterocycles. The topological polar surface area (TPSA) is 92.7 Å². The second-order valence-electron chi connectivity index (χ2n) is 14.5. The van der Waals surface area contributed by atoms with Crippen LogP contribution in [-0.2, 0) is 24.5 Å². The summed E-state index contributed by atoms with van der Waals surface area (Å²) in [5.41, 5.74) is 1.75. The number of hydrogen-bond acceptors (Lipinski definition) is 4. The van der Waals surface area contributed by atoms with E-state index in [1.807, 2.05) is 34.6 Å². The predicted octanol–water partition coefficient (Wildman–Crippen LogP) is 10.5. The number of ether oxygens (including phenoxy) is 1. The van der Waals surface area contributed by atoms with Gasteiger partial charge in [-0.3, -0.25) is 14.4 Å². The summed E-state index contributed by atoms with van der Waals surface area (Å²) < 4.78 is 40.4. The summed E-state index contributed by atoms with van der Waals surface area (Å²) in [6, 6.07) is 9.34. The summed E-state index contributed by atoms with van der Waals surface area (Å²) in [4.78, 5) is 32.6. The molecular formula is C37H66F3NO5.